The van der Waals surface area contributed by atoms with E-state index >= 15 is 0 Å². The molecule has 0 aliphatic carbocycles. The number of thiazole rings is 1. The summed E-state index contributed by atoms with van der Waals surface area (Å²) >= 11 is 7.56. The van der Waals surface area contributed by atoms with Crippen molar-refractivity contribution in [3.8, 4) is 22.1 Å². The third-order valence-corrected chi connectivity index (χ3v) is 5.40. The van der Waals surface area contributed by atoms with E-state index in [-0.39, 0.29) is 5.69 Å². The van der Waals surface area contributed by atoms with E-state index in [4.69, 9.17) is 16.3 Å². The lowest BCUT2D eigenvalue weighted by molar-refractivity contribution is -0.144. The molecule has 3 rings (SSSR count). The number of hydrogen-bond donors (Lipinski definition) is 0. The van der Waals surface area contributed by atoms with Crippen molar-refractivity contribution in [3.63, 3.8) is 0 Å². The SMILES string of the molecule is CCOc1nc(-c2cc(-n3c(=O)cc(C(F)(F)F)n(C)c3=O)ccc2Cl)sc1C. The van der Waals surface area contributed by atoms with Crippen molar-refractivity contribution in [2.24, 2.45) is 7.05 Å². The van der Waals surface area contributed by atoms with Gasteiger partial charge in [0.1, 0.15) is 10.7 Å². The molecule has 11 heteroatoms. The summed E-state index contributed by atoms with van der Waals surface area (Å²) in [4.78, 5) is 30.0. The molecule has 154 valence electrons. The second kappa shape index (κ2) is 7.68. The van der Waals surface area contributed by atoms with E-state index in [9.17, 15) is 22.8 Å². The minimum atomic E-state index is -4.83. The highest BCUT2D eigenvalue weighted by molar-refractivity contribution is 7.15. The third kappa shape index (κ3) is 3.95. The first-order valence-corrected chi connectivity index (χ1v) is 9.54. The first-order chi connectivity index (χ1) is 13.5. The van der Waals surface area contributed by atoms with Crippen LogP contribution < -0.4 is 16.0 Å². The van der Waals surface area contributed by atoms with Gasteiger partial charge in [-0.3, -0.25) is 9.36 Å². The van der Waals surface area contributed by atoms with Gasteiger partial charge in [-0.15, -0.1) is 11.3 Å². The Labute approximate surface area is 171 Å². The summed E-state index contributed by atoms with van der Waals surface area (Å²) in [6.45, 7) is 4.06. The van der Waals surface area contributed by atoms with E-state index in [1.165, 1.54) is 29.5 Å². The van der Waals surface area contributed by atoms with Gasteiger partial charge in [0.25, 0.3) is 5.56 Å². The topological polar surface area (TPSA) is 66.1 Å². The van der Waals surface area contributed by atoms with Crippen LogP contribution in [0.5, 0.6) is 5.88 Å². The van der Waals surface area contributed by atoms with Gasteiger partial charge in [0, 0.05) is 18.7 Å². The molecule has 0 N–H and O–H groups in total. The minimum Gasteiger partial charge on any atom is -0.477 e. The van der Waals surface area contributed by atoms with Crippen molar-refractivity contribution in [2.75, 3.05) is 6.61 Å². The Balaban J connectivity index is 2.19. The first kappa shape index (κ1) is 21.1. The van der Waals surface area contributed by atoms with Crippen molar-refractivity contribution in [3.05, 3.63) is 60.7 Å². The zero-order chi connectivity index (χ0) is 21.5. The number of ether oxygens (including phenoxy) is 1. The van der Waals surface area contributed by atoms with Gasteiger partial charge in [-0.2, -0.15) is 13.2 Å². The molecule has 3 aromatic rings. The Morgan fingerprint density at radius 1 is 1.24 bits per heavy atom. The summed E-state index contributed by atoms with van der Waals surface area (Å²) in [6.07, 6.45) is -4.83. The smallest absolute Gasteiger partial charge is 0.431 e. The first-order valence-electron chi connectivity index (χ1n) is 8.35. The van der Waals surface area contributed by atoms with Crippen molar-refractivity contribution in [2.45, 2.75) is 20.0 Å². The summed E-state index contributed by atoms with van der Waals surface area (Å²) in [7, 11) is 0.955. The normalized spacial score (nSPS) is 11.7. The van der Waals surface area contributed by atoms with Crippen LogP contribution in [0, 0.1) is 6.92 Å². The van der Waals surface area contributed by atoms with Gasteiger partial charge in [-0.25, -0.2) is 14.3 Å². The van der Waals surface area contributed by atoms with Gasteiger partial charge in [0.05, 0.1) is 22.2 Å². The predicted octanol–water partition coefficient (Wildman–Crippen LogP) is 4.04. The summed E-state index contributed by atoms with van der Waals surface area (Å²) in [5, 5.41) is 0.803. The molecule has 2 heterocycles. The van der Waals surface area contributed by atoms with Crippen LogP contribution in [0.3, 0.4) is 0 Å². The molecule has 0 radical (unpaired) electrons. The van der Waals surface area contributed by atoms with Gasteiger partial charge in [0.15, 0.2) is 0 Å². The number of benzene rings is 1. The molecule has 0 aliphatic heterocycles. The Morgan fingerprint density at radius 2 is 1.93 bits per heavy atom. The average molecular weight is 446 g/mol. The molecule has 0 bridgehead atoms. The fourth-order valence-corrected chi connectivity index (χ4v) is 3.87. The van der Waals surface area contributed by atoms with Crippen LogP contribution in [0.2, 0.25) is 5.02 Å². The number of aryl methyl sites for hydroxylation is 1. The number of rotatable bonds is 4. The molecule has 0 atom stereocenters. The Morgan fingerprint density at radius 3 is 2.55 bits per heavy atom. The lowest BCUT2D eigenvalue weighted by Crippen LogP contribution is -2.40. The van der Waals surface area contributed by atoms with Crippen LogP contribution in [-0.4, -0.2) is 20.7 Å². The molecule has 1 aromatic carbocycles. The molecule has 2 aromatic heterocycles. The van der Waals surface area contributed by atoms with Crippen molar-refractivity contribution >= 4 is 22.9 Å². The Bertz CT molecular complexity index is 1200. The standard InChI is InChI=1S/C18H15ClF3N3O3S/c1-4-28-15-9(2)29-16(23-15)11-7-10(5-6-12(11)19)25-14(26)8-13(18(20,21)22)24(3)17(25)27/h5-8H,4H2,1-3H3. The molecule has 0 saturated heterocycles. The highest BCUT2D eigenvalue weighted by Gasteiger charge is 2.35. The molecule has 0 spiro atoms. The second-order valence-electron chi connectivity index (χ2n) is 6.02. The lowest BCUT2D eigenvalue weighted by Gasteiger charge is -2.14. The number of halogens is 4. The van der Waals surface area contributed by atoms with Gasteiger partial charge in [-0.05, 0) is 32.0 Å². The van der Waals surface area contributed by atoms with Crippen molar-refractivity contribution in [1.82, 2.24) is 14.1 Å². The van der Waals surface area contributed by atoms with Crippen LogP contribution in [0.15, 0.2) is 33.9 Å². The monoisotopic (exact) mass is 445 g/mol. The number of aromatic nitrogens is 3. The Hall–Kier alpha value is -2.59. The average Bonchev–Trinajstić information content (AvgIpc) is 2.99. The predicted molar refractivity (Wildman–Crippen MR) is 104 cm³/mol. The molecule has 0 aliphatic rings. The van der Waals surface area contributed by atoms with Gasteiger partial charge in [0.2, 0.25) is 5.88 Å². The van der Waals surface area contributed by atoms with Crippen molar-refractivity contribution in [1.29, 1.82) is 0 Å². The third-order valence-electron chi connectivity index (χ3n) is 4.08. The highest BCUT2D eigenvalue weighted by atomic mass is 35.5. The maximum atomic E-state index is 13.0. The maximum Gasteiger partial charge on any atom is 0.431 e. The molecule has 0 amide bonds. The maximum absolute atomic E-state index is 13.0. The van der Waals surface area contributed by atoms with Crippen LogP contribution in [0.25, 0.3) is 16.3 Å². The number of nitrogens with zero attached hydrogens (tertiary/aromatic N) is 3. The van der Waals surface area contributed by atoms with Gasteiger partial charge in [-0.1, -0.05) is 11.6 Å². The number of hydrogen-bond acceptors (Lipinski definition) is 5. The minimum absolute atomic E-state index is 0.0783. The quantitative estimate of drug-likeness (QED) is 0.608. The molecule has 29 heavy (non-hydrogen) atoms. The molecule has 0 unspecified atom stereocenters. The molecule has 0 fully saturated rings. The lowest BCUT2D eigenvalue weighted by atomic mass is 10.2. The molecular weight excluding hydrogens is 431 g/mol. The zero-order valence-corrected chi connectivity index (χ0v) is 17.1. The largest absolute Gasteiger partial charge is 0.477 e. The van der Waals surface area contributed by atoms with E-state index in [0.29, 0.717) is 43.3 Å². The Kier molecular flexibility index (Phi) is 5.59. The van der Waals surface area contributed by atoms with E-state index in [1.54, 1.807) is 0 Å². The fraction of sp³-hybridized carbons (Fsp3) is 0.278. The van der Waals surface area contributed by atoms with Crippen LogP contribution in [0.4, 0.5) is 13.2 Å². The molecule has 0 saturated carbocycles. The zero-order valence-electron chi connectivity index (χ0n) is 15.5. The summed E-state index contributed by atoms with van der Waals surface area (Å²) < 4.78 is 45.6. The van der Waals surface area contributed by atoms with Crippen molar-refractivity contribution < 1.29 is 17.9 Å². The second-order valence-corrected chi connectivity index (χ2v) is 7.63. The summed E-state index contributed by atoms with van der Waals surface area (Å²) in [5.74, 6) is 0.441. The van der Waals surface area contributed by atoms with E-state index < -0.39 is 23.1 Å². The van der Waals surface area contributed by atoms with Gasteiger partial charge < -0.3 is 4.74 Å². The highest BCUT2D eigenvalue weighted by Crippen LogP contribution is 2.36. The number of alkyl halides is 3. The summed E-state index contributed by atoms with van der Waals surface area (Å²) in [6, 6.07) is 4.65. The van der Waals surface area contributed by atoms with Crippen LogP contribution in [0.1, 0.15) is 17.5 Å². The van der Waals surface area contributed by atoms with Crippen LogP contribution >= 0.6 is 22.9 Å². The van der Waals surface area contributed by atoms with Crippen LogP contribution in [-0.2, 0) is 13.2 Å². The van der Waals surface area contributed by atoms with E-state index in [1.807, 2.05) is 13.8 Å². The van der Waals surface area contributed by atoms with Gasteiger partial charge >= 0.3 is 11.9 Å². The van der Waals surface area contributed by atoms with E-state index in [0.717, 1.165) is 11.9 Å². The molecular formula is C18H15ClF3N3O3S. The summed E-state index contributed by atoms with van der Waals surface area (Å²) in [5.41, 5.74) is -3.04. The molecule has 6 nitrogen and oxygen atoms in total. The van der Waals surface area contributed by atoms with E-state index in [2.05, 4.69) is 4.98 Å². The fourth-order valence-electron chi connectivity index (χ4n) is 2.72.